The molecule has 0 aliphatic carbocycles. The molecule has 2 aromatic rings. The van der Waals surface area contributed by atoms with Crippen LogP contribution in [0, 0.1) is 11.6 Å². The second kappa shape index (κ2) is 10.2. The first-order valence-corrected chi connectivity index (χ1v) is 11.8. The summed E-state index contributed by atoms with van der Waals surface area (Å²) < 4.78 is 60.7. The molecule has 32 heavy (non-hydrogen) atoms. The number of amides is 1. The average molecular weight is 488 g/mol. The van der Waals surface area contributed by atoms with Gasteiger partial charge in [0.05, 0.1) is 29.2 Å². The number of nitrogens with zero attached hydrogens (tertiary/aromatic N) is 1. The fraction of sp³-hybridized carbons (Fsp3) is 0.381. The molecule has 174 valence electrons. The molecule has 2 aromatic carbocycles. The van der Waals surface area contributed by atoms with Crippen LogP contribution in [0.4, 0.5) is 8.78 Å². The maximum Gasteiger partial charge on any atom is 0.254 e. The first kappa shape index (κ1) is 24.5. The van der Waals surface area contributed by atoms with Crippen LogP contribution in [-0.4, -0.2) is 58.6 Å². The van der Waals surface area contributed by atoms with E-state index in [1.165, 1.54) is 19.2 Å². The lowest BCUT2D eigenvalue weighted by Gasteiger charge is -2.38. The van der Waals surface area contributed by atoms with E-state index in [4.69, 9.17) is 16.3 Å². The van der Waals surface area contributed by atoms with E-state index in [-0.39, 0.29) is 28.1 Å². The number of nitrogens with one attached hydrogen (secondary N) is 2. The van der Waals surface area contributed by atoms with Crippen molar-refractivity contribution in [2.75, 3.05) is 33.3 Å². The van der Waals surface area contributed by atoms with Gasteiger partial charge in [0.15, 0.2) is 0 Å². The van der Waals surface area contributed by atoms with Crippen LogP contribution in [0.25, 0.3) is 0 Å². The van der Waals surface area contributed by atoms with Gasteiger partial charge in [-0.05, 0) is 44.3 Å². The summed E-state index contributed by atoms with van der Waals surface area (Å²) in [4.78, 5) is 14.4. The molecule has 1 saturated heterocycles. The number of benzene rings is 2. The molecule has 1 heterocycles. The van der Waals surface area contributed by atoms with E-state index in [1.807, 2.05) is 11.8 Å². The second-order valence-electron chi connectivity index (χ2n) is 7.39. The normalized spacial score (nSPS) is 18.3. The second-order valence-corrected chi connectivity index (χ2v) is 9.68. The van der Waals surface area contributed by atoms with Crippen molar-refractivity contribution in [3.8, 4) is 0 Å². The number of hydrogen-bond donors (Lipinski definition) is 2. The molecule has 7 nitrogen and oxygen atoms in total. The van der Waals surface area contributed by atoms with Crippen molar-refractivity contribution in [3.05, 3.63) is 64.2 Å². The molecule has 0 aromatic heterocycles. The first-order valence-electron chi connectivity index (χ1n) is 9.95. The fourth-order valence-electron chi connectivity index (χ4n) is 3.62. The zero-order chi connectivity index (χ0) is 23.5. The van der Waals surface area contributed by atoms with Crippen molar-refractivity contribution in [1.82, 2.24) is 14.9 Å². The van der Waals surface area contributed by atoms with Gasteiger partial charge < -0.3 is 10.1 Å². The van der Waals surface area contributed by atoms with Gasteiger partial charge in [-0.15, -0.1) is 0 Å². The molecule has 0 saturated carbocycles. The minimum Gasteiger partial charge on any atom is -0.376 e. The number of sulfonamides is 1. The molecule has 1 aliphatic rings. The van der Waals surface area contributed by atoms with Crippen LogP contribution in [0.3, 0.4) is 0 Å². The molecular formula is C21H24ClF2N3O4S. The maximum atomic E-state index is 14.7. The Kier molecular flexibility index (Phi) is 7.84. The molecule has 1 aliphatic heterocycles. The van der Waals surface area contributed by atoms with E-state index in [9.17, 15) is 22.0 Å². The topological polar surface area (TPSA) is 87.7 Å². The Balaban J connectivity index is 1.88. The summed E-state index contributed by atoms with van der Waals surface area (Å²) in [6.45, 7) is 3.20. The van der Waals surface area contributed by atoms with Crippen LogP contribution in [0.1, 0.15) is 28.9 Å². The molecule has 2 N–H and O–H groups in total. The highest BCUT2D eigenvalue weighted by molar-refractivity contribution is 7.89. The van der Waals surface area contributed by atoms with Crippen molar-refractivity contribution in [2.45, 2.75) is 24.0 Å². The molecule has 11 heteroatoms. The lowest BCUT2D eigenvalue weighted by atomic mass is 10.0. The van der Waals surface area contributed by atoms with Gasteiger partial charge in [0.1, 0.15) is 11.6 Å². The van der Waals surface area contributed by atoms with Crippen molar-refractivity contribution >= 4 is 27.5 Å². The Morgan fingerprint density at radius 1 is 1.28 bits per heavy atom. The monoisotopic (exact) mass is 487 g/mol. The molecule has 1 amide bonds. The van der Waals surface area contributed by atoms with Crippen molar-refractivity contribution < 1.29 is 26.7 Å². The number of hydrogen-bond acceptors (Lipinski definition) is 5. The van der Waals surface area contributed by atoms with Crippen molar-refractivity contribution in [3.63, 3.8) is 0 Å². The van der Waals surface area contributed by atoms with E-state index in [0.717, 1.165) is 18.2 Å². The Morgan fingerprint density at radius 2 is 2.03 bits per heavy atom. The summed E-state index contributed by atoms with van der Waals surface area (Å²) in [5.41, 5.74) is -0.217. The number of ether oxygens (including phenoxy) is 1. The molecule has 0 bridgehead atoms. The summed E-state index contributed by atoms with van der Waals surface area (Å²) >= 11 is 6.28. The molecule has 0 spiro atoms. The van der Waals surface area contributed by atoms with Gasteiger partial charge in [-0.2, -0.15) is 0 Å². The van der Waals surface area contributed by atoms with Crippen LogP contribution >= 0.6 is 11.6 Å². The van der Waals surface area contributed by atoms with Crippen molar-refractivity contribution in [2.24, 2.45) is 0 Å². The lowest BCUT2D eigenvalue weighted by Crippen LogP contribution is -2.47. The summed E-state index contributed by atoms with van der Waals surface area (Å²) in [5, 5.41) is 2.80. The van der Waals surface area contributed by atoms with Crippen LogP contribution in [-0.2, 0) is 14.8 Å². The van der Waals surface area contributed by atoms with Gasteiger partial charge in [-0.3, -0.25) is 9.69 Å². The number of morpholine rings is 1. The van der Waals surface area contributed by atoms with Crippen LogP contribution in [0.15, 0.2) is 41.3 Å². The largest absolute Gasteiger partial charge is 0.376 e. The van der Waals surface area contributed by atoms with Gasteiger partial charge in [0.25, 0.3) is 5.91 Å². The van der Waals surface area contributed by atoms with Crippen LogP contribution in [0.2, 0.25) is 5.02 Å². The average Bonchev–Trinajstić information content (AvgIpc) is 2.75. The van der Waals surface area contributed by atoms with Crippen LogP contribution in [0.5, 0.6) is 0 Å². The summed E-state index contributed by atoms with van der Waals surface area (Å²) in [7, 11) is -2.65. The predicted octanol–water partition coefficient (Wildman–Crippen LogP) is 2.72. The smallest absolute Gasteiger partial charge is 0.254 e. The third-order valence-corrected chi connectivity index (χ3v) is 7.01. The van der Waals surface area contributed by atoms with Gasteiger partial charge >= 0.3 is 0 Å². The quantitative estimate of drug-likeness (QED) is 0.627. The lowest BCUT2D eigenvalue weighted by molar-refractivity contribution is -0.0346. The van der Waals surface area contributed by atoms with E-state index >= 15 is 0 Å². The predicted molar refractivity (Wildman–Crippen MR) is 116 cm³/mol. The summed E-state index contributed by atoms with van der Waals surface area (Å²) in [6, 6.07) is 6.63. The number of rotatable bonds is 7. The van der Waals surface area contributed by atoms with Crippen molar-refractivity contribution in [1.29, 1.82) is 0 Å². The minimum absolute atomic E-state index is 0.0747. The number of carbonyl (C=O) groups is 1. The molecule has 2 atom stereocenters. The molecule has 0 radical (unpaired) electrons. The Hall–Kier alpha value is -2.11. The highest BCUT2D eigenvalue weighted by Gasteiger charge is 2.30. The maximum absolute atomic E-state index is 14.7. The SMILES string of the molecule is CNS(=O)(=O)c1ccc(F)c(C(=O)NCC(c2c(F)cccc2Cl)N2CCOC(C)C2)c1. The summed E-state index contributed by atoms with van der Waals surface area (Å²) in [5.74, 6) is -2.23. The Labute approximate surface area is 190 Å². The molecule has 3 rings (SSSR count). The van der Waals surface area contributed by atoms with Gasteiger partial charge in [-0.25, -0.2) is 21.9 Å². The molecule has 1 fully saturated rings. The third kappa shape index (κ3) is 5.44. The van der Waals surface area contributed by atoms with E-state index in [2.05, 4.69) is 10.0 Å². The summed E-state index contributed by atoms with van der Waals surface area (Å²) in [6.07, 6.45) is -0.103. The number of halogens is 3. The molecule has 2 unspecified atom stereocenters. The fourth-order valence-corrected chi connectivity index (χ4v) is 4.66. The highest BCUT2D eigenvalue weighted by atomic mass is 35.5. The highest BCUT2D eigenvalue weighted by Crippen LogP contribution is 2.31. The zero-order valence-electron chi connectivity index (χ0n) is 17.6. The Bertz CT molecular complexity index is 1080. The Morgan fingerprint density at radius 3 is 2.69 bits per heavy atom. The van der Waals surface area contributed by atoms with Gasteiger partial charge in [0.2, 0.25) is 10.0 Å². The molecular weight excluding hydrogens is 464 g/mol. The van der Waals surface area contributed by atoms with Gasteiger partial charge in [-0.1, -0.05) is 17.7 Å². The number of carbonyl (C=O) groups excluding carboxylic acids is 1. The zero-order valence-corrected chi connectivity index (χ0v) is 19.1. The first-order chi connectivity index (χ1) is 15.1. The third-order valence-electron chi connectivity index (χ3n) is 5.26. The van der Waals surface area contributed by atoms with E-state index < -0.39 is 39.2 Å². The van der Waals surface area contributed by atoms with Crippen LogP contribution < -0.4 is 10.0 Å². The minimum atomic E-state index is -3.87. The van der Waals surface area contributed by atoms with E-state index in [0.29, 0.717) is 19.7 Å². The van der Waals surface area contributed by atoms with E-state index in [1.54, 1.807) is 6.07 Å². The van der Waals surface area contributed by atoms with Gasteiger partial charge in [0, 0.05) is 30.2 Å². The standard InChI is InChI=1S/C21H24ClF2N3O4S/c1-13-12-27(8-9-31-13)19(20-16(22)4-3-5-18(20)24)11-26-21(28)15-10-14(6-7-17(15)23)32(29,30)25-2/h3-7,10,13,19,25H,8-9,11-12H2,1-2H3,(H,26,28).